The number of aryl methyl sites for hydroxylation is 2. The highest BCUT2D eigenvalue weighted by atomic mass is 16.2. The molecule has 1 aliphatic heterocycles. The van der Waals surface area contributed by atoms with Crippen LogP contribution in [0.3, 0.4) is 0 Å². The Morgan fingerprint density at radius 1 is 0.821 bits per heavy atom. The summed E-state index contributed by atoms with van der Waals surface area (Å²) in [4.78, 5) is 35.6. The van der Waals surface area contributed by atoms with E-state index in [9.17, 15) is 9.59 Å². The average molecular weight is 529 g/mol. The minimum Gasteiger partial charge on any atom is -0.325 e. The highest BCUT2D eigenvalue weighted by molar-refractivity contribution is 5.71. The molecule has 0 spiro atoms. The zero-order valence-corrected chi connectivity index (χ0v) is 23.6. The van der Waals surface area contributed by atoms with Gasteiger partial charge in [-0.2, -0.15) is 0 Å². The summed E-state index contributed by atoms with van der Waals surface area (Å²) in [6, 6.07) is 21.8. The van der Waals surface area contributed by atoms with Gasteiger partial charge in [0.2, 0.25) is 0 Å². The van der Waals surface area contributed by atoms with Crippen LogP contribution in [-0.2, 0) is 27.1 Å². The quantitative estimate of drug-likeness (QED) is 0.333. The van der Waals surface area contributed by atoms with Crippen LogP contribution in [0.5, 0.6) is 0 Å². The monoisotopic (exact) mass is 528 g/mol. The van der Waals surface area contributed by atoms with E-state index in [0.29, 0.717) is 17.7 Å². The molecule has 0 amide bonds. The highest BCUT2D eigenvalue weighted by Gasteiger charge is 2.26. The minimum absolute atomic E-state index is 0.264. The molecule has 0 saturated carbocycles. The number of rotatable bonds is 9. The second-order valence-electron chi connectivity index (χ2n) is 11.1. The Kier molecular flexibility index (Phi) is 8.14. The van der Waals surface area contributed by atoms with Gasteiger partial charge in [0, 0.05) is 53.2 Å². The summed E-state index contributed by atoms with van der Waals surface area (Å²) in [7, 11) is 3.44. The number of piperazine rings is 1. The summed E-state index contributed by atoms with van der Waals surface area (Å²) in [6.07, 6.45) is 1.72. The number of imidazole rings is 1. The van der Waals surface area contributed by atoms with Crippen LogP contribution in [0.2, 0.25) is 0 Å². The fourth-order valence-corrected chi connectivity index (χ4v) is 5.82. The van der Waals surface area contributed by atoms with E-state index in [4.69, 9.17) is 4.98 Å². The third kappa shape index (κ3) is 5.63. The zero-order valence-electron chi connectivity index (χ0n) is 23.6. The van der Waals surface area contributed by atoms with Crippen molar-refractivity contribution in [1.82, 2.24) is 28.5 Å². The van der Waals surface area contributed by atoms with Gasteiger partial charge in [0.05, 0.1) is 6.04 Å². The van der Waals surface area contributed by atoms with Crippen LogP contribution in [0, 0.1) is 5.92 Å². The predicted octanol–water partition coefficient (Wildman–Crippen LogP) is 3.43. The van der Waals surface area contributed by atoms with Crippen molar-refractivity contribution in [3.05, 3.63) is 98.5 Å². The topological polar surface area (TPSA) is 68.3 Å². The molecule has 2 aromatic carbocycles. The number of aromatic nitrogens is 4. The Hall–Kier alpha value is -3.49. The van der Waals surface area contributed by atoms with Gasteiger partial charge in [0.15, 0.2) is 11.2 Å². The van der Waals surface area contributed by atoms with Crippen LogP contribution in [0.4, 0.5) is 0 Å². The van der Waals surface area contributed by atoms with Crippen LogP contribution >= 0.6 is 0 Å². The van der Waals surface area contributed by atoms with Crippen LogP contribution in [-0.4, -0.2) is 61.2 Å². The molecule has 0 radical (unpaired) electrons. The van der Waals surface area contributed by atoms with Crippen LogP contribution in [0.1, 0.15) is 43.3 Å². The van der Waals surface area contributed by atoms with Gasteiger partial charge >= 0.3 is 5.69 Å². The molecule has 0 N–H and O–H groups in total. The van der Waals surface area contributed by atoms with Crippen LogP contribution in [0.25, 0.3) is 11.2 Å². The number of benzene rings is 2. The summed E-state index contributed by atoms with van der Waals surface area (Å²) in [6.45, 7) is 9.72. The van der Waals surface area contributed by atoms with E-state index in [-0.39, 0.29) is 23.2 Å². The molecular weight excluding hydrogens is 488 g/mol. The molecule has 3 heterocycles. The van der Waals surface area contributed by atoms with Crippen molar-refractivity contribution in [2.75, 3.05) is 32.7 Å². The van der Waals surface area contributed by atoms with Gasteiger partial charge in [0.1, 0.15) is 5.82 Å². The molecule has 5 rings (SSSR count). The smallest absolute Gasteiger partial charge is 0.325 e. The number of fused-ring (bicyclic) bond motifs is 1. The van der Waals surface area contributed by atoms with E-state index >= 15 is 0 Å². The first kappa shape index (κ1) is 27.1. The molecule has 2 aromatic heterocycles. The number of nitrogens with zero attached hydrogens (tertiary/aromatic N) is 6. The van der Waals surface area contributed by atoms with E-state index in [2.05, 4.69) is 84.3 Å². The second kappa shape index (κ2) is 11.7. The standard InChI is InChI=1S/C31H40N6O2/c1-23(2)22-37-29-28(30(38)34(4)31(37)39)33(3)26(32-29)16-11-17-35-18-20-36(21-19-35)27(24-12-7-5-8-13-24)25-14-9-6-10-15-25/h5-10,12-15,23,27H,11,16-22H2,1-4H3. The van der Waals surface area contributed by atoms with E-state index in [1.807, 2.05) is 11.6 Å². The maximum Gasteiger partial charge on any atom is 0.332 e. The van der Waals surface area contributed by atoms with Gasteiger partial charge in [-0.1, -0.05) is 74.5 Å². The van der Waals surface area contributed by atoms with Crippen molar-refractivity contribution >= 4 is 11.2 Å². The molecule has 8 nitrogen and oxygen atoms in total. The Balaban J connectivity index is 1.25. The molecule has 0 aliphatic carbocycles. The normalized spacial score (nSPS) is 15.1. The summed E-state index contributed by atoms with van der Waals surface area (Å²) >= 11 is 0. The zero-order chi connectivity index (χ0) is 27.5. The van der Waals surface area contributed by atoms with E-state index in [1.54, 1.807) is 11.6 Å². The molecule has 1 aliphatic rings. The molecule has 8 heteroatoms. The predicted molar refractivity (Wildman–Crippen MR) is 156 cm³/mol. The van der Waals surface area contributed by atoms with Gasteiger partial charge in [-0.15, -0.1) is 0 Å². The summed E-state index contributed by atoms with van der Waals surface area (Å²) in [5.74, 6) is 1.13. The summed E-state index contributed by atoms with van der Waals surface area (Å²) in [5.41, 5.74) is 3.11. The summed E-state index contributed by atoms with van der Waals surface area (Å²) in [5, 5.41) is 0. The van der Waals surface area contributed by atoms with Crippen molar-refractivity contribution in [3.63, 3.8) is 0 Å². The molecule has 1 fully saturated rings. The van der Waals surface area contributed by atoms with Gasteiger partial charge in [-0.25, -0.2) is 9.78 Å². The second-order valence-corrected chi connectivity index (χ2v) is 11.1. The minimum atomic E-state index is -0.298. The number of hydrogen-bond acceptors (Lipinski definition) is 5. The van der Waals surface area contributed by atoms with Gasteiger partial charge in [-0.3, -0.25) is 18.8 Å². The van der Waals surface area contributed by atoms with E-state index < -0.39 is 0 Å². The summed E-state index contributed by atoms with van der Waals surface area (Å²) < 4.78 is 4.74. The Morgan fingerprint density at radius 3 is 1.97 bits per heavy atom. The molecule has 4 aromatic rings. The fraction of sp³-hybridized carbons (Fsp3) is 0.452. The van der Waals surface area contributed by atoms with E-state index in [1.165, 1.54) is 15.7 Å². The Labute approximate surface area is 230 Å². The molecule has 206 valence electrons. The lowest BCUT2D eigenvalue weighted by atomic mass is 9.96. The molecule has 0 unspecified atom stereocenters. The first-order chi connectivity index (χ1) is 18.8. The molecule has 0 bridgehead atoms. The average Bonchev–Trinajstić information content (AvgIpc) is 3.28. The molecule has 1 saturated heterocycles. The lowest BCUT2D eigenvalue weighted by Crippen LogP contribution is -2.48. The first-order valence-electron chi connectivity index (χ1n) is 14.1. The lowest BCUT2D eigenvalue weighted by molar-refractivity contribution is 0.108. The van der Waals surface area contributed by atoms with Crippen molar-refractivity contribution in [2.45, 2.75) is 39.3 Å². The first-order valence-corrected chi connectivity index (χ1v) is 14.1. The largest absolute Gasteiger partial charge is 0.332 e. The van der Waals surface area contributed by atoms with Crippen molar-refractivity contribution < 1.29 is 0 Å². The lowest BCUT2D eigenvalue weighted by Gasteiger charge is -2.39. The van der Waals surface area contributed by atoms with Crippen molar-refractivity contribution in [2.24, 2.45) is 20.0 Å². The molecule has 0 atom stereocenters. The Morgan fingerprint density at radius 2 is 1.41 bits per heavy atom. The maximum absolute atomic E-state index is 12.9. The Bertz CT molecular complexity index is 1470. The SMILES string of the molecule is CC(C)Cn1c(=O)n(C)c(=O)c2c1nc(CCCN1CCN(C(c3ccccc3)c3ccccc3)CC1)n2C. The third-order valence-electron chi connectivity index (χ3n) is 7.88. The van der Waals surface area contributed by atoms with E-state index in [0.717, 1.165) is 51.4 Å². The van der Waals surface area contributed by atoms with Crippen LogP contribution in [0.15, 0.2) is 70.3 Å². The van der Waals surface area contributed by atoms with Crippen LogP contribution < -0.4 is 11.2 Å². The van der Waals surface area contributed by atoms with Gasteiger partial charge in [0.25, 0.3) is 5.56 Å². The molecular formula is C31H40N6O2. The van der Waals surface area contributed by atoms with Crippen molar-refractivity contribution in [3.8, 4) is 0 Å². The van der Waals surface area contributed by atoms with Gasteiger partial charge in [-0.05, 0) is 30.0 Å². The highest BCUT2D eigenvalue weighted by Crippen LogP contribution is 2.29. The third-order valence-corrected chi connectivity index (χ3v) is 7.88. The van der Waals surface area contributed by atoms with Crippen molar-refractivity contribution in [1.29, 1.82) is 0 Å². The maximum atomic E-state index is 12.9. The number of hydrogen-bond donors (Lipinski definition) is 0. The fourth-order valence-electron chi connectivity index (χ4n) is 5.82. The molecule has 39 heavy (non-hydrogen) atoms. The van der Waals surface area contributed by atoms with Gasteiger partial charge < -0.3 is 9.47 Å².